The molecular formula is C17H28N2O. The fraction of sp³-hybridized carbons (Fsp3) is 0.647. The number of hydrogen-bond donors (Lipinski definition) is 1. The first-order chi connectivity index (χ1) is 9.52. The number of rotatable bonds is 4. The largest absolute Gasteiger partial charge is 0.496 e. The van der Waals surface area contributed by atoms with Gasteiger partial charge in [-0.1, -0.05) is 24.1 Å². The Balaban J connectivity index is 2.14. The average Bonchev–Trinajstić information content (AvgIpc) is 2.43. The van der Waals surface area contributed by atoms with Crippen molar-refractivity contribution in [2.45, 2.75) is 58.2 Å². The van der Waals surface area contributed by atoms with Gasteiger partial charge < -0.3 is 10.5 Å². The van der Waals surface area contributed by atoms with Crippen LogP contribution in [0.2, 0.25) is 0 Å². The van der Waals surface area contributed by atoms with E-state index in [1.54, 1.807) is 7.11 Å². The average molecular weight is 276 g/mol. The molecule has 0 radical (unpaired) electrons. The first kappa shape index (κ1) is 15.3. The van der Waals surface area contributed by atoms with Gasteiger partial charge in [0.1, 0.15) is 5.75 Å². The Kier molecular flexibility index (Phi) is 5.06. The van der Waals surface area contributed by atoms with Crippen LogP contribution in [-0.2, 0) is 0 Å². The van der Waals surface area contributed by atoms with Crippen LogP contribution in [0, 0.1) is 6.92 Å². The summed E-state index contributed by atoms with van der Waals surface area (Å²) >= 11 is 0. The lowest BCUT2D eigenvalue weighted by molar-refractivity contribution is 0.0958. The number of likely N-dealkylation sites (tertiary alicyclic amines) is 1. The molecule has 2 rings (SSSR count). The second kappa shape index (κ2) is 6.59. The van der Waals surface area contributed by atoms with Crippen molar-refractivity contribution < 1.29 is 4.74 Å². The number of nitrogens with zero attached hydrogens (tertiary/aromatic N) is 1. The monoisotopic (exact) mass is 276 g/mol. The molecule has 1 aliphatic rings. The minimum atomic E-state index is 0.00727. The molecule has 1 fully saturated rings. The third-order valence-corrected chi connectivity index (χ3v) is 4.57. The molecule has 2 N–H and O–H groups in total. The fourth-order valence-electron chi connectivity index (χ4n) is 3.30. The molecule has 3 nitrogen and oxygen atoms in total. The summed E-state index contributed by atoms with van der Waals surface area (Å²) in [5.41, 5.74) is 8.83. The molecule has 1 heterocycles. The van der Waals surface area contributed by atoms with Crippen LogP contribution in [0.25, 0.3) is 0 Å². The van der Waals surface area contributed by atoms with Gasteiger partial charge in [0, 0.05) is 30.2 Å². The topological polar surface area (TPSA) is 38.5 Å². The van der Waals surface area contributed by atoms with E-state index in [9.17, 15) is 0 Å². The minimum absolute atomic E-state index is 0.00727. The summed E-state index contributed by atoms with van der Waals surface area (Å²) in [7, 11) is 1.72. The smallest absolute Gasteiger partial charge is 0.123 e. The molecule has 0 saturated carbocycles. The second-order valence-electron chi connectivity index (χ2n) is 6.18. The molecule has 3 heteroatoms. The minimum Gasteiger partial charge on any atom is -0.496 e. The molecular weight excluding hydrogens is 248 g/mol. The van der Waals surface area contributed by atoms with Crippen LogP contribution in [0.5, 0.6) is 5.75 Å². The molecule has 0 aromatic heterocycles. The van der Waals surface area contributed by atoms with Gasteiger partial charge in [-0.05, 0) is 39.7 Å². The SMILES string of the molecule is COc1ccc(C)cc1C(N)CN1C(C)CCCC1C. The molecule has 20 heavy (non-hydrogen) atoms. The van der Waals surface area contributed by atoms with Crippen LogP contribution < -0.4 is 10.5 Å². The van der Waals surface area contributed by atoms with E-state index in [2.05, 4.69) is 37.8 Å². The Morgan fingerprint density at radius 1 is 1.30 bits per heavy atom. The first-order valence-corrected chi connectivity index (χ1v) is 7.68. The summed E-state index contributed by atoms with van der Waals surface area (Å²) in [6.45, 7) is 7.63. The Hall–Kier alpha value is -1.06. The summed E-state index contributed by atoms with van der Waals surface area (Å²) in [4.78, 5) is 2.55. The zero-order valence-electron chi connectivity index (χ0n) is 13.2. The van der Waals surface area contributed by atoms with Gasteiger partial charge in [-0.25, -0.2) is 0 Å². The van der Waals surface area contributed by atoms with Crippen LogP contribution >= 0.6 is 0 Å². The fourth-order valence-corrected chi connectivity index (χ4v) is 3.30. The zero-order valence-corrected chi connectivity index (χ0v) is 13.2. The molecule has 1 aromatic carbocycles. The van der Waals surface area contributed by atoms with E-state index in [0.717, 1.165) is 17.9 Å². The number of aryl methyl sites for hydroxylation is 1. The van der Waals surface area contributed by atoms with Crippen molar-refractivity contribution in [1.82, 2.24) is 4.90 Å². The second-order valence-corrected chi connectivity index (χ2v) is 6.18. The van der Waals surface area contributed by atoms with Crippen molar-refractivity contribution in [1.29, 1.82) is 0 Å². The quantitative estimate of drug-likeness (QED) is 0.917. The molecule has 3 atom stereocenters. The van der Waals surface area contributed by atoms with Crippen LogP contribution in [0.4, 0.5) is 0 Å². The summed E-state index contributed by atoms with van der Waals surface area (Å²) in [6, 6.07) is 7.51. The Morgan fingerprint density at radius 2 is 1.95 bits per heavy atom. The lowest BCUT2D eigenvalue weighted by Gasteiger charge is -2.40. The van der Waals surface area contributed by atoms with E-state index >= 15 is 0 Å². The highest BCUT2D eigenvalue weighted by molar-refractivity contribution is 5.39. The third-order valence-electron chi connectivity index (χ3n) is 4.57. The summed E-state index contributed by atoms with van der Waals surface area (Å²) in [6.07, 6.45) is 3.89. The van der Waals surface area contributed by atoms with Crippen molar-refractivity contribution in [3.8, 4) is 5.75 Å². The standard InChI is InChI=1S/C17H28N2O/c1-12-8-9-17(20-4)15(10-12)16(18)11-19-13(2)6-5-7-14(19)3/h8-10,13-14,16H,5-7,11,18H2,1-4H3. The van der Waals surface area contributed by atoms with Gasteiger partial charge in [0.15, 0.2) is 0 Å². The Bertz CT molecular complexity index is 437. The van der Waals surface area contributed by atoms with Crippen LogP contribution in [-0.4, -0.2) is 30.6 Å². The first-order valence-electron chi connectivity index (χ1n) is 7.68. The summed E-state index contributed by atoms with van der Waals surface area (Å²) in [5.74, 6) is 0.903. The molecule has 1 saturated heterocycles. The van der Waals surface area contributed by atoms with Gasteiger partial charge in [-0.15, -0.1) is 0 Å². The number of nitrogens with two attached hydrogens (primary N) is 1. The maximum absolute atomic E-state index is 6.47. The molecule has 0 aliphatic carbocycles. The van der Waals surface area contributed by atoms with Gasteiger partial charge in [0.25, 0.3) is 0 Å². The van der Waals surface area contributed by atoms with Gasteiger partial charge in [0.05, 0.1) is 7.11 Å². The highest BCUT2D eigenvalue weighted by Gasteiger charge is 2.27. The summed E-state index contributed by atoms with van der Waals surface area (Å²) < 4.78 is 5.47. The highest BCUT2D eigenvalue weighted by atomic mass is 16.5. The maximum atomic E-state index is 6.47. The van der Waals surface area contributed by atoms with Gasteiger partial charge in [0.2, 0.25) is 0 Å². The van der Waals surface area contributed by atoms with Gasteiger partial charge in [-0.3, -0.25) is 4.90 Å². The van der Waals surface area contributed by atoms with E-state index < -0.39 is 0 Å². The van der Waals surface area contributed by atoms with Crippen molar-refractivity contribution in [3.05, 3.63) is 29.3 Å². The van der Waals surface area contributed by atoms with Crippen LogP contribution in [0.3, 0.4) is 0 Å². The van der Waals surface area contributed by atoms with Crippen LogP contribution in [0.15, 0.2) is 18.2 Å². The van der Waals surface area contributed by atoms with Gasteiger partial charge in [-0.2, -0.15) is 0 Å². The predicted octanol–water partition coefficient (Wildman–Crippen LogP) is 3.27. The molecule has 0 amide bonds. The third kappa shape index (κ3) is 3.33. The van der Waals surface area contributed by atoms with E-state index in [1.165, 1.54) is 24.8 Å². The predicted molar refractivity (Wildman–Crippen MR) is 84.1 cm³/mol. The van der Waals surface area contributed by atoms with E-state index in [0.29, 0.717) is 12.1 Å². The van der Waals surface area contributed by atoms with E-state index in [-0.39, 0.29) is 6.04 Å². The molecule has 1 aliphatic heterocycles. The summed E-state index contributed by atoms with van der Waals surface area (Å²) in [5, 5.41) is 0. The van der Waals surface area contributed by atoms with E-state index in [1.807, 2.05) is 6.07 Å². The zero-order chi connectivity index (χ0) is 14.7. The number of ether oxygens (including phenoxy) is 1. The van der Waals surface area contributed by atoms with Crippen LogP contribution in [0.1, 0.15) is 50.3 Å². The molecule has 3 unspecified atom stereocenters. The maximum Gasteiger partial charge on any atom is 0.123 e. The normalized spacial score (nSPS) is 25.4. The lowest BCUT2D eigenvalue weighted by Crippen LogP contribution is -2.46. The van der Waals surface area contributed by atoms with Crippen molar-refractivity contribution in [2.75, 3.05) is 13.7 Å². The van der Waals surface area contributed by atoms with Gasteiger partial charge >= 0.3 is 0 Å². The van der Waals surface area contributed by atoms with Crippen molar-refractivity contribution in [3.63, 3.8) is 0 Å². The Labute approximate surface area is 123 Å². The van der Waals surface area contributed by atoms with Crippen molar-refractivity contribution >= 4 is 0 Å². The molecule has 112 valence electrons. The lowest BCUT2D eigenvalue weighted by atomic mass is 9.95. The number of methoxy groups -OCH3 is 1. The van der Waals surface area contributed by atoms with Crippen molar-refractivity contribution in [2.24, 2.45) is 5.73 Å². The molecule has 0 bridgehead atoms. The molecule has 0 spiro atoms. The number of piperidine rings is 1. The van der Waals surface area contributed by atoms with E-state index in [4.69, 9.17) is 10.5 Å². The molecule has 1 aromatic rings. The number of hydrogen-bond acceptors (Lipinski definition) is 3. The highest BCUT2D eigenvalue weighted by Crippen LogP contribution is 2.29. The Morgan fingerprint density at radius 3 is 2.55 bits per heavy atom. The number of benzene rings is 1.